The number of H-pyrrole nitrogens is 1. The maximum atomic E-state index is 12.8. The van der Waals surface area contributed by atoms with E-state index in [1.54, 1.807) is 12.1 Å². The van der Waals surface area contributed by atoms with Crippen molar-refractivity contribution in [2.45, 2.75) is 33.7 Å². The summed E-state index contributed by atoms with van der Waals surface area (Å²) in [6.45, 7) is 7.82. The van der Waals surface area contributed by atoms with Crippen LogP contribution in [-0.2, 0) is 0 Å². The highest BCUT2D eigenvalue weighted by atomic mass is 35.5. The molecule has 1 unspecified atom stereocenters. The average Bonchev–Trinajstić information content (AvgIpc) is 2.38. The Morgan fingerprint density at radius 1 is 1.14 bits per heavy atom. The maximum absolute atomic E-state index is 12.8. The van der Waals surface area contributed by atoms with E-state index in [4.69, 9.17) is 11.6 Å². The third kappa shape index (κ3) is 2.95. The van der Waals surface area contributed by atoms with Crippen LogP contribution >= 0.6 is 11.6 Å². The van der Waals surface area contributed by atoms with E-state index in [1.165, 1.54) is 4.57 Å². The second kappa shape index (κ2) is 5.53. The van der Waals surface area contributed by atoms with Gasteiger partial charge in [0.15, 0.2) is 0 Å². The summed E-state index contributed by atoms with van der Waals surface area (Å²) in [5.41, 5.74) is -0.0467. The number of benzene rings is 1. The molecule has 112 valence electrons. The molecule has 0 aliphatic heterocycles. The van der Waals surface area contributed by atoms with Gasteiger partial charge < -0.3 is 0 Å². The molecular weight excluding hydrogens is 288 g/mol. The van der Waals surface area contributed by atoms with Gasteiger partial charge in [0, 0.05) is 6.04 Å². The molecule has 0 bridgehead atoms. The fraction of sp³-hybridized carbons (Fsp3) is 0.375. The van der Waals surface area contributed by atoms with Crippen LogP contribution in [0.2, 0.25) is 5.15 Å². The van der Waals surface area contributed by atoms with Crippen molar-refractivity contribution in [1.82, 2.24) is 9.55 Å². The fourth-order valence-electron chi connectivity index (χ4n) is 2.12. The van der Waals surface area contributed by atoms with Crippen LogP contribution in [0.3, 0.4) is 0 Å². The molecule has 21 heavy (non-hydrogen) atoms. The van der Waals surface area contributed by atoms with Gasteiger partial charge in [0.05, 0.1) is 5.56 Å². The Morgan fingerprint density at radius 2 is 1.71 bits per heavy atom. The highest BCUT2D eigenvalue weighted by molar-refractivity contribution is 6.32. The van der Waals surface area contributed by atoms with Crippen molar-refractivity contribution in [2.24, 2.45) is 5.41 Å². The summed E-state index contributed by atoms with van der Waals surface area (Å²) in [6.07, 6.45) is 0. The normalized spacial score (nSPS) is 13.2. The van der Waals surface area contributed by atoms with E-state index in [0.717, 1.165) is 0 Å². The Bertz CT molecular complexity index is 755. The van der Waals surface area contributed by atoms with Crippen LogP contribution in [-0.4, -0.2) is 9.55 Å². The van der Waals surface area contributed by atoms with Crippen molar-refractivity contribution in [2.75, 3.05) is 0 Å². The molecule has 1 N–H and O–H groups in total. The summed E-state index contributed by atoms with van der Waals surface area (Å²) in [5, 5.41) is 0.0774. The SMILES string of the molecule is CC(n1c(=O)[nH]c(Cl)c(-c2ccccc2)c1=O)C(C)(C)C. The minimum absolute atomic E-state index is 0.0774. The lowest BCUT2D eigenvalue weighted by atomic mass is 9.88. The number of halogens is 1. The molecule has 1 aromatic heterocycles. The van der Waals surface area contributed by atoms with Crippen molar-refractivity contribution < 1.29 is 0 Å². The number of rotatable bonds is 2. The minimum Gasteiger partial charge on any atom is -0.297 e. The van der Waals surface area contributed by atoms with E-state index < -0.39 is 5.69 Å². The van der Waals surface area contributed by atoms with Gasteiger partial charge in [-0.05, 0) is 17.9 Å². The Balaban J connectivity index is 2.77. The molecule has 0 fully saturated rings. The first-order valence-electron chi connectivity index (χ1n) is 6.83. The molecule has 5 heteroatoms. The summed E-state index contributed by atoms with van der Waals surface area (Å²) < 4.78 is 1.24. The van der Waals surface area contributed by atoms with Crippen LogP contribution in [0, 0.1) is 5.41 Å². The molecule has 2 rings (SSSR count). The maximum Gasteiger partial charge on any atom is 0.329 e. The van der Waals surface area contributed by atoms with E-state index in [-0.39, 0.29) is 22.2 Å². The second-order valence-electron chi connectivity index (χ2n) is 6.20. The molecule has 0 spiro atoms. The van der Waals surface area contributed by atoms with Crippen molar-refractivity contribution in [3.05, 3.63) is 56.3 Å². The third-order valence-electron chi connectivity index (χ3n) is 3.79. The van der Waals surface area contributed by atoms with Gasteiger partial charge in [-0.15, -0.1) is 0 Å². The van der Waals surface area contributed by atoms with Crippen LogP contribution in [0.4, 0.5) is 0 Å². The largest absolute Gasteiger partial charge is 0.329 e. The second-order valence-corrected chi connectivity index (χ2v) is 6.58. The number of aromatic nitrogens is 2. The van der Waals surface area contributed by atoms with Crippen LogP contribution in [0.25, 0.3) is 11.1 Å². The molecule has 0 aliphatic carbocycles. The first-order chi connectivity index (χ1) is 9.73. The predicted molar refractivity (Wildman–Crippen MR) is 85.9 cm³/mol. The van der Waals surface area contributed by atoms with Crippen molar-refractivity contribution in [3.63, 3.8) is 0 Å². The average molecular weight is 307 g/mol. The Labute approximate surface area is 128 Å². The number of nitrogens with one attached hydrogen (secondary N) is 1. The molecule has 1 atom stereocenters. The van der Waals surface area contributed by atoms with E-state index in [9.17, 15) is 9.59 Å². The highest BCUT2D eigenvalue weighted by Crippen LogP contribution is 2.29. The van der Waals surface area contributed by atoms with Crippen LogP contribution in [0.1, 0.15) is 33.7 Å². The lowest BCUT2D eigenvalue weighted by Crippen LogP contribution is -2.42. The number of aromatic amines is 1. The van der Waals surface area contributed by atoms with E-state index >= 15 is 0 Å². The van der Waals surface area contributed by atoms with Crippen LogP contribution in [0.15, 0.2) is 39.9 Å². The summed E-state index contributed by atoms with van der Waals surface area (Å²) in [4.78, 5) is 27.5. The molecule has 2 aromatic rings. The van der Waals surface area contributed by atoms with Gasteiger partial charge in [-0.3, -0.25) is 14.3 Å². The summed E-state index contributed by atoms with van der Waals surface area (Å²) >= 11 is 6.09. The van der Waals surface area contributed by atoms with E-state index in [1.807, 2.05) is 45.9 Å². The van der Waals surface area contributed by atoms with Gasteiger partial charge in [0.25, 0.3) is 5.56 Å². The summed E-state index contributed by atoms with van der Waals surface area (Å²) in [5.74, 6) is 0. The molecule has 0 saturated carbocycles. The number of hydrogen-bond acceptors (Lipinski definition) is 2. The molecule has 0 aliphatic rings. The van der Waals surface area contributed by atoms with E-state index in [2.05, 4.69) is 4.98 Å². The number of nitrogens with zero attached hydrogens (tertiary/aromatic N) is 1. The first-order valence-corrected chi connectivity index (χ1v) is 7.21. The standard InChI is InChI=1S/C16H19ClN2O2/c1-10(16(2,3)4)19-14(20)12(13(17)18-15(19)21)11-8-6-5-7-9-11/h5-10H,1-4H3,(H,18,21). The van der Waals surface area contributed by atoms with Crippen molar-refractivity contribution in [1.29, 1.82) is 0 Å². The zero-order chi connectivity index (χ0) is 15.8. The number of hydrogen-bond donors (Lipinski definition) is 1. The molecule has 4 nitrogen and oxygen atoms in total. The van der Waals surface area contributed by atoms with Gasteiger partial charge in [-0.2, -0.15) is 0 Å². The zero-order valence-electron chi connectivity index (χ0n) is 12.6. The molecular formula is C16H19ClN2O2. The van der Waals surface area contributed by atoms with Gasteiger partial charge in [0.1, 0.15) is 5.15 Å². The quantitative estimate of drug-likeness (QED) is 0.864. The smallest absolute Gasteiger partial charge is 0.297 e. The molecule has 1 aromatic carbocycles. The Hall–Kier alpha value is -1.81. The Kier molecular flexibility index (Phi) is 4.10. The minimum atomic E-state index is -0.480. The van der Waals surface area contributed by atoms with Crippen LogP contribution in [0.5, 0.6) is 0 Å². The van der Waals surface area contributed by atoms with Gasteiger partial charge in [-0.25, -0.2) is 4.79 Å². The first kappa shape index (κ1) is 15.6. The van der Waals surface area contributed by atoms with Crippen molar-refractivity contribution >= 4 is 11.6 Å². The summed E-state index contributed by atoms with van der Waals surface area (Å²) in [7, 11) is 0. The molecule has 0 radical (unpaired) electrons. The predicted octanol–water partition coefficient (Wildman–Crippen LogP) is 3.46. The van der Waals surface area contributed by atoms with E-state index in [0.29, 0.717) is 11.1 Å². The fourth-order valence-corrected chi connectivity index (χ4v) is 2.39. The monoisotopic (exact) mass is 306 g/mol. The topological polar surface area (TPSA) is 54.9 Å². The zero-order valence-corrected chi connectivity index (χ0v) is 13.4. The van der Waals surface area contributed by atoms with Gasteiger partial charge >= 0.3 is 5.69 Å². The highest BCUT2D eigenvalue weighted by Gasteiger charge is 2.26. The third-order valence-corrected chi connectivity index (χ3v) is 4.07. The van der Waals surface area contributed by atoms with Gasteiger partial charge in [-0.1, -0.05) is 62.7 Å². The lowest BCUT2D eigenvalue weighted by molar-refractivity contribution is 0.250. The molecule has 0 amide bonds. The molecule has 0 saturated heterocycles. The van der Waals surface area contributed by atoms with Gasteiger partial charge in [0.2, 0.25) is 0 Å². The molecule has 1 heterocycles. The lowest BCUT2D eigenvalue weighted by Gasteiger charge is -2.28. The Morgan fingerprint density at radius 3 is 2.24 bits per heavy atom. The summed E-state index contributed by atoms with van der Waals surface area (Å²) in [6, 6.07) is 8.86. The van der Waals surface area contributed by atoms with Crippen molar-refractivity contribution in [3.8, 4) is 11.1 Å². The van der Waals surface area contributed by atoms with Crippen LogP contribution < -0.4 is 11.2 Å².